The van der Waals surface area contributed by atoms with Crippen LogP contribution in [-0.4, -0.2) is 6.61 Å². The zero-order chi connectivity index (χ0) is 19.1. The molecule has 0 spiro atoms. The minimum Gasteiger partial charge on any atom is -0.489 e. The molecule has 1 rings (SSSR count). The number of allylic oxidation sites excluding steroid dienone is 5. The summed E-state index contributed by atoms with van der Waals surface area (Å²) < 4.78 is 46.5. The van der Waals surface area contributed by atoms with E-state index in [2.05, 4.69) is 13.2 Å². The van der Waals surface area contributed by atoms with Crippen LogP contribution in [-0.2, 0) is 0 Å². The molecule has 136 valence electrons. The minimum absolute atomic E-state index is 0.0382. The first-order valence-electron chi connectivity index (χ1n) is 8.08. The molecule has 0 aliphatic rings. The molecule has 0 radical (unpaired) electrons. The number of ether oxygens (including phenoxy) is 1. The smallest absolute Gasteiger partial charge is 0.161 e. The van der Waals surface area contributed by atoms with Gasteiger partial charge in [-0.3, -0.25) is 0 Å². The zero-order valence-corrected chi connectivity index (χ0v) is 15.3. The summed E-state index contributed by atoms with van der Waals surface area (Å²) >= 11 is 0. The molecule has 1 aromatic rings. The van der Waals surface area contributed by atoms with Gasteiger partial charge in [0.2, 0.25) is 0 Å². The Balaban J connectivity index is 2.62. The first-order chi connectivity index (χ1) is 11.6. The summed E-state index contributed by atoms with van der Waals surface area (Å²) in [5, 5.41) is 0. The molecule has 1 atom stereocenters. The van der Waals surface area contributed by atoms with Gasteiger partial charge in [-0.1, -0.05) is 32.2 Å². The Kier molecular flexibility index (Phi) is 7.75. The van der Waals surface area contributed by atoms with Gasteiger partial charge >= 0.3 is 0 Å². The molecule has 4 heteroatoms. The standard InChI is InChI=1S/C21H25F3O/c1-13(2)20(23)21(24)17(6)15(4)8-7-14(3)12-25-18-10-9-16(5)19(22)11-18/h7,9-11,15H,1,6,8,12H2,2-5H3/b14-7+,21-20-. The molecule has 0 aliphatic heterocycles. The molecule has 25 heavy (non-hydrogen) atoms. The maximum Gasteiger partial charge on any atom is 0.161 e. The van der Waals surface area contributed by atoms with Crippen LogP contribution in [0.1, 0.15) is 32.8 Å². The van der Waals surface area contributed by atoms with Gasteiger partial charge in [0.1, 0.15) is 18.2 Å². The third kappa shape index (κ3) is 6.29. The molecule has 0 fully saturated rings. The fraction of sp³-hybridized carbons (Fsp3) is 0.333. The molecule has 0 saturated carbocycles. The quantitative estimate of drug-likeness (QED) is 0.371. The lowest BCUT2D eigenvalue weighted by Crippen LogP contribution is -2.03. The van der Waals surface area contributed by atoms with Crippen LogP contribution in [0.3, 0.4) is 0 Å². The number of rotatable bonds is 8. The summed E-state index contributed by atoms with van der Waals surface area (Å²) in [5.41, 5.74) is 1.61. The fourth-order valence-corrected chi connectivity index (χ4v) is 1.98. The second-order valence-electron chi connectivity index (χ2n) is 6.32. The average Bonchev–Trinajstić information content (AvgIpc) is 2.58. The van der Waals surface area contributed by atoms with Gasteiger partial charge in [0, 0.05) is 6.07 Å². The predicted octanol–water partition coefficient (Wildman–Crippen LogP) is 6.77. The Labute approximate surface area is 148 Å². The molecule has 1 unspecified atom stereocenters. The van der Waals surface area contributed by atoms with E-state index in [0.717, 1.165) is 5.57 Å². The van der Waals surface area contributed by atoms with Gasteiger partial charge in [-0.25, -0.2) is 13.2 Å². The van der Waals surface area contributed by atoms with Crippen molar-refractivity contribution in [2.45, 2.75) is 34.1 Å². The van der Waals surface area contributed by atoms with Crippen LogP contribution >= 0.6 is 0 Å². The number of hydrogen-bond donors (Lipinski definition) is 0. The molecular weight excluding hydrogens is 325 g/mol. The van der Waals surface area contributed by atoms with Crippen LogP contribution in [0, 0.1) is 18.7 Å². The molecule has 0 heterocycles. The third-order valence-electron chi connectivity index (χ3n) is 3.87. The second-order valence-corrected chi connectivity index (χ2v) is 6.32. The molecule has 0 saturated heterocycles. The van der Waals surface area contributed by atoms with E-state index in [0.29, 0.717) is 24.3 Å². The van der Waals surface area contributed by atoms with Crippen LogP contribution in [0.5, 0.6) is 5.75 Å². The van der Waals surface area contributed by atoms with Crippen LogP contribution in [0.15, 0.2) is 65.8 Å². The highest BCUT2D eigenvalue weighted by Crippen LogP contribution is 2.28. The van der Waals surface area contributed by atoms with Crippen molar-refractivity contribution in [1.82, 2.24) is 0 Å². The summed E-state index contributed by atoms with van der Waals surface area (Å²) in [5.74, 6) is -2.03. The van der Waals surface area contributed by atoms with Gasteiger partial charge in [-0.05, 0) is 61.5 Å². The highest BCUT2D eigenvalue weighted by molar-refractivity contribution is 5.35. The van der Waals surface area contributed by atoms with Crippen molar-refractivity contribution in [2.75, 3.05) is 6.61 Å². The van der Waals surface area contributed by atoms with Gasteiger partial charge < -0.3 is 4.74 Å². The predicted molar refractivity (Wildman–Crippen MR) is 97.4 cm³/mol. The lowest BCUT2D eigenvalue weighted by molar-refractivity contribution is 0.349. The molecule has 1 aromatic carbocycles. The normalized spacial score (nSPS) is 14.0. The van der Waals surface area contributed by atoms with Crippen LogP contribution < -0.4 is 4.74 Å². The summed E-state index contributed by atoms with van der Waals surface area (Å²) in [6.07, 6.45) is 2.37. The van der Waals surface area contributed by atoms with Crippen LogP contribution in [0.2, 0.25) is 0 Å². The van der Waals surface area contributed by atoms with E-state index in [1.807, 2.05) is 13.0 Å². The molecule has 0 aromatic heterocycles. The van der Waals surface area contributed by atoms with E-state index in [-0.39, 0.29) is 22.9 Å². The highest BCUT2D eigenvalue weighted by atomic mass is 19.2. The van der Waals surface area contributed by atoms with Crippen molar-refractivity contribution in [3.63, 3.8) is 0 Å². The number of halogens is 3. The Morgan fingerprint density at radius 3 is 2.40 bits per heavy atom. The van der Waals surface area contributed by atoms with E-state index < -0.39 is 11.7 Å². The van der Waals surface area contributed by atoms with Gasteiger partial charge in [-0.2, -0.15) is 0 Å². The van der Waals surface area contributed by atoms with Crippen LogP contribution in [0.4, 0.5) is 13.2 Å². The minimum atomic E-state index is -0.956. The van der Waals surface area contributed by atoms with Crippen molar-refractivity contribution in [2.24, 2.45) is 5.92 Å². The second kappa shape index (κ2) is 9.30. The molecular formula is C21H25F3O. The first kappa shape index (κ1) is 20.8. The van der Waals surface area contributed by atoms with Crippen molar-refractivity contribution >= 4 is 0 Å². The van der Waals surface area contributed by atoms with E-state index >= 15 is 0 Å². The summed E-state index contributed by atoms with van der Waals surface area (Å²) in [4.78, 5) is 0. The molecule has 0 aliphatic carbocycles. The highest BCUT2D eigenvalue weighted by Gasteiger charge is 2.15. The van der Waals surface area contributed by atoms with Crippen molar-refractivity contribution in [3.05, 3.63) is 77.2 Å². The van der Waals surface area contributed by atoms with Gasteiger partial charge in [0.05, 0.1) is 0 Å². The average molecular weight is 350 g/mol. The van der Waals surface area contributed by atoms with E-state index in [4.69, 9.17) is 4.74 Å². The van der Waals surface area contributed by atoms with E-state index in [9.17, 15) is 13.2 Å². The molecule has 1 nitrogen and oxygen atoms in total. The van der Waals surface area contributed by atoms with Crippen molar-refractivity contribution in [3.8, 4) is 5.75 Å². The Morgan fingerprint density at radius 1 is 1.20 bits per heavy atom. The Morgan fingerprint density at radius 2 is 1.84 bits per heavy atom. The SMILES string of the molecule is C=C(C)/C(F)=C(/F)C(=C)C(C)C/C=C(\C)COc1ccc(C)c(F)c1. The molecule has 0 amide bonds. The van der Waals surface area contributed by atoms with Crippen molar-refractivity contribution < 1.29 is 17.9 Å². The van der Waals surface area contributed by atoms with Gasteiger partial charge in [0.25, 0.3) is 0 Å². The molecule has 0 N–H and O–H groups in total. The van der Waals surface area contributed by atoms with Gasteiger partial charge in [0.15, 0.2) is 11.7 Å². The molecule has 0 bridgehead atoms. The maximum atomic E-state index is 13.9. The topological polar surface area (TPSA) is 9.23 Å². The number of aryl methyl sites for hydroxylation is 1. The Bertz CT molecular complexity index is 714. The lowest BCUT2D eigenvalue weighted by Gasteiger charge is -2.13. The summed E-state index contributed by atoms with van der Waals surface area (Å²) in [7, 11) is 0. The Hall–Kier alpha value is -2.23. The van der Waals surface area contributed by atoms with E-state index in [1.165, 1.54) is 13.0 Å². The lowest BCUT2D eigenvalue weighted by atomic mass is 9.96. The monoisotopic (exact) mass is 350 g/mol. The zero-order valence-electron chi connectivity index (χ0n) is 15.3. The number of benzene rings is 1. The summed E-state index contributed by atoms with van der Waals surface area (Å²) in [6.45, 7) is 14.0. The third-order valence-corrected chi connectivity index (χ3v) is 3.87. The van der Waals surface area contributed by atoms with Gasteiger partial charge in [-0.15, -0.1) is 0 Å². The van der Waals surface area contributed by atoms with Crippen LogP contribution in [0.25, 0.3) is 0 Å². The largest absolute Gasteiger partial charge is 0.489 e. The fourth-order valence-electron chi connectivity index (χ4n) is 1.98. The maximum absolute atomic E-state index is 13.9. The summed E-state index contributed by atoms with van der Waals surface area (Å²) in [6, 6.07) is 4.70. The van der Waals surface area contributed by atoms with Crippen molar-refractivity contribution in [1.29, 1.82) is 0 Å². The van der Waals surface area contributed by atoms with E-state index in [1.54, 1.807) is 26.0 Å². The number of hydrogen-bond acceptors (Lipinski definition) is 1. The first-order valence-corrected chi connectivity index (χ1v) is 8.08.